The van der Waals surface area contributed by atoms with Gasteiger partial charge in [0, 0.05) is 31.4 Å². The van der Waals surface area contributed by atoms with Crippen LogP contribution in [0.2, 0.25) is 0 Å². The molecule has 1 unspecified atom stereocenters. The second kappa shape index (κ2) is 5.69. The zero-order valence-electron chi connectivity index (χ0n) is 10.7. The monoisotopic (exact) mass is 263 g/mol. The number of aliphatic carboxylic acids is 1. The molecule has 1 aromatic rings. The van der Waals surface area contributed by atoms with Crippen LogP contribution in [-0.4, -0.2) is 40.1 Å². The molecule has 2 rings (SSSR count). The Morgan fingerprint density at radius 3 is 2.68 bits per heavy atom. The van der Waals surface area contributed by atoms with Crippen LogP contribution in [-0.2, 0) is 4.79 Å². The van der Waals surface area contributed by atoms with Crippen LogP contribution in [0.3, 0.4) is 0 Å². The lowest BCUT2D eigenvalue weighted by molar-refractivity contribution is -0.139. The number of nitrogens with zero attached hydrogens (tertiary/aromatic N) is 2. The highest BCUT2D eigenvalue weighted by Gasteiger charge is 2.32. The van der Waals surface area contributed by atoms with Crippen LogP contribution in [0.5, 0.6) is 0 Å². The molecule has 0 aliphatic carbocycles. The topological polar surface area (TPSA) is 82.5 Å². The highest BCUT2D eigenvalue weighted by Crippen LogP contribution is 2.20. The zero-order valence-corrected chi connectivity index (χ0v) is 10.7. The van der Waals surface area contributed by atoms with E-state index in [0.29, 0.717) is 13.1 Å². The van der Waals surface area contributed by atoms with Crippen LogP contribution in [0, 0.1) is 5.92 Å². The first-order valence-corrected chi connectivity index (χ1v) is 6.23. The summed E-state index contributed by atoms with van der Waals surface area (Å²) in [6.45, 7) is 2.93. The van der Waals surface area contributed by atoms with Crippen molar-refractivity contribution in [3.05, 3.63) is 30.1 Å². The fourth-order valence-electron chi connectivity index (χ4n) is 2.12. The van der Waals surface area contributed by atoms with Crippen molar-refractivity contribution in [2.24, 2.45) is 5.92 Å². The van der Waals surface area contributed by atoms with Crippen molar-refractivity contribution >= 4 is 12.0 Å². The van der Waals surface area contributed by atoms with Crippen LogP contribution in [0.1, 0.15) is 24.9 Å². The molecular weight excluding hydrogens is 246 g/mol. The van der Waals surface area contributed by atoms with E-state index in [1.54, 1.807) is 17.3 Å². The highest BCUT2D eigenvalue weighted by atomic mass is 16.4. The first-order valence-electron chi connectivity index (χ1n) is 6.23. The number of hydrogen-bond donors (Lipinski definition) is 2. The van der Waals surface area contributed by atoms with E-state index < -0.39 is 5.97 Å². The van der Waals surface area contributed by atoms with E-state index in [-0.39, 0.29) is 24.4 Å². The number of urea groups is 1. The maximum atomic E-state index is 11.9. The standard InChI is InChI=1S/C13H17N3O3/c1-9(11-2-4-14-5-3-11)15-13(19)16-7-10(8-16)6-12(17)18/h2-5,9-10H,6-8H2,1H3,(H,15,19)(H,17,18). The molecule has 1 aliphatic heterocycles. The van der Waals surface area contributed by atoms with E-state index in [1.807, 2.05) is 19.1 Å². The fraction of sp³-hybridized carbons (Fsp3) is 0.462. The summed E-state index contributed by atoms with van der Waals surface area (Å²) in [6, 6.07) is 3.47. The van der Waals surface area contributed by atoms with Crippen molar-refractivity contribution in [1.82, 2.24) is 15.2 Å². The maximum absolute atomic E-state index is 11.9. The van der Waals surface area contributed by atoms with Gasteiger partial charge in [0.2, 0.25) is 0 Å². The Morgan fingerprint density at radius 2 is 2.11 bits per heavy atom. The number of carbonyl (C=O) groups is 2. The molecule has 19 heavy (non-hydrogen) atoms. The van der Waals surface area contributed by atoms with Crippen molar-refractivity contribution in [3.8, 4) is 0 Å². The summed E-state index contributed by atoms with van der Waals surface area (Å²) in [5.41, 5.74) is 0.992. The van der Waals surface area contributed by atoms with Crippen molar-refractivity contribution in [1.29, 1.82) is 0 Å². The SMILES string of the molecule is CC(NC(=O)N1CC(CC(=O)O)C1)c1ccncc1. The van der Waals surface area contributed by atoms with E-state index in [1.165, 1.54) is 0 Å². The third-order valence-electron chi connectivity index (χ3n) is 3.25. The third-order valence-corrected chi connectivity index (χ3v) is 3.25. The van der Waals surface area contributed by atoms with Gasteiger partial charge in [-0.3, -0.25) is 9.78 Å². The number of pyridine rings is 1. The molecule has 2 heterocycles. The average molecular weight is 263 g/mol. The van der Waals surface area contributed by atoms with Crippen molar-refractivity contribution in [2.45, 2.75) is 19.4 Å². The van der Waals surface area contributed by atoms with Crippen molar-refractivity contribution in [2.75, 3.05) is 13.1 Å². The number of aromatic nitrogens is 1. The smallest absolute Gasteiger partial charge is 0.317 e. The van der Waals surface area contributed by atoms with Gasteiger partial charge in [0.1, 0.15) is 0 Å². The Balaban J connectivity index is 1.78. The Bertz CT molecular complexity index is 457. The lowest BCUT2D eigenvalue weighted by Crippen LogP contribution is -2.54. The predicted octanol–water partition coefficient (Wildman–Crippen LogP) is 1.26. The lowest BCUT2D eigenvalue weighted by atomic mass is 9.97. The number of likely N-dealkylation sites (tertiary alicyclic amines) is 1. The van der Waals surface area contributed by atoms with E-state index >= 15 is 0 Å². The zero-order chi connectivity index (χ0) is 13.8. The number of carboxylic acid groups (broad SMARTS) is 1. The molecular formula is C13H17N3O3. The Morgan fingerprint density at radius 1 is 1.47 bits per heavy atom. The molecule has 1 atom stereocenters. The average Bonchev–Trinajstić information content (AvgIpc) is 2.33. The van der Waals surface area contributed by atoms with Crippen LogP contribution in [0.15, 0.2) is 24.5 Å². The summed E-state index contributed by atoms with van der Waals surface area (Å²) in [5, 5.41) is 11.5. The van der Waals surface area contributed by atoms with Crippen LogP contribution in [0.25, 0.3) is 0 Å². The summed E-state index contributed by atoms with van der Waals surface area (Å²) in [4.78, 5) is 28.0. The van der Waals surface area contributed by atoms with E-state index in [9.17, 15) is 9.59 Å². The van der Waals surface area contributed by atoms with Gasteiger partial charge in [0.25, 0.3) is 0 Å². The van der Waals surface area contributed by atoms with Crippen molar-refractivity contribution in [3.63, 3.8) is 0 Å². The first-order chi connectivity index (χ1) is 9.06. The summed E-state index contributed by atoms with van der Waals surface area (Å²) >= 11 is 0. The Hall–Kier alpha value is -2.11. The minimum absolute atomic E-state index is 0.0829. The molecule has 2 N–H and O–H groups in total. The van der Waals surface area contributed by atoms with Gasteiger partial charge in [0.05, 0.1) is 12.5 Å². The van der Waals surface area contributed by atoms with Crippen molar-refractivity contribution < 1.29 is 14.7 Å². The van der Waals surface area contributed by atoms with Gasteiger partial charge < -0.3 is 15.3 Å². The normalized spacial score (nSPS) is 16.6. The molecule has 1 fully saturated rings. The van der Waals surface area contributed by atoms with Gasteiger partial charge in [0.15, 0.2) is 0 Å². The minimum Gasteiger partial charge on any atom is -0.481 e. The second-order valence-corrected chi connectivity index (χ2v) is 4.82. The molecule has 6 nitrogen and oxygen atoms in total. The van der Waals surface area contributed by atoms with Crippen LogP contribution < -0.4 is 5.32 Å². The number of carboxylic acids is 1. The minimum atomic E-state index is -0.810. The summed E-state index contributed by atoms with van der Waals surface area (Å²) in [7, 11) is 0. The molecule has 0 saturated carbocycles. The number of carbonyl (C=O) groups excluding carboxylic acids is 1. The second-order valence-electron chi connectivity index (χ2n) is 4.82. The number of hydrogen-bond acceptors (Lipinski definition) is 3. The number of rotatable bonds is 4. The Kier molecular flexibility index (Phi) is 3.99. The molecule has 0 aromatic carbocycles. The van der Waals surface area contributed by atoms with E-state index in [2.05, 4.69) is 10.3 Å². The van der Waals surface area contributed by atoms with Gasteiger partial charge in [-0.1, -0.05) is 0 Å². The molecule has 1 aliphatic rings. The molecule has 2 amide bonds. The summed E-state index contributed by atoms with van der Waals surface area (Å²) < 4.78 is 0. The maximum Gasteiger partial charge on any atom is 0.317 e. The molecule has 102 valence electrons. The van der Waals surface area contributed by atoms with Gasteiger partial charge in [-0.15, -0.1) is 0 Å². The van der Waals surface area contributed by atoms with Gasteiger partial charge in [-0.2, -0.15) is 0 Å². The largest absolute Gasteiger partial charge is 0.481 e. The first kappa shape index (κ1) is 13.3. The van der Waals surface area contributed by atoms with Crippen LogP contribution in [0.4, 0.5) is 4.79 Å². The third kappa shape index (κ3) is 3.43. The molecule has 0 radical (unpaired) electrons. The summed E-state index contributed by atoms with van der Waals surface area (Å²) in [6.07, 6.45) is 3.50. The quantitative estimate of drug-likeness (QED) is 0.856. The van der Waals surface area contributed by atoms with Crippen LogP contribution >= 0.6 is 0 Å². The molecule has 1 aromatic heterocycles. The number of amides is 2. The highest BCUT2D eigenvalue weighted by molar-refractivity contribution is 5.76. The fourth-order valence-corrected chi connectivity index (χ4v) is 2.12. The Labute approximate surface area is 111 Å². The molecule has 0 spiro atoms. The van der Waals surface area contributed by atoms with Gasteiger partial charge in [-0.05, 0) is 24.6 Å². The van der Waals surface area contributed by atoms with E-state index in [4.69, 9.17) is 5.11 Å². The molecule has 6 heteroatoms. The summed E-state index contributed by atoms with van der Waals surface area (Å²) in [5.74, 6) is -0.727. The lowest BCUT2D eigenvalue weighted by Gasteiger charge is -2.39. The number of nitrogens with one attached hydrogen (secondary N) is 1. The van der Waals surface area contributed by atoms with Gasteiger partial charge in [-0.25, -0.2) is 4.79 Å². The predicted molar refractivity (Wildman–Crippen MR) is 68.5 cm³/mol. The van der Waals surface area contributed by atoms with Gasteiger partial charge >= 0.3 is 12.0 Å². The molecule has 0 bridgehead atoms. The van der Waals surface area contributed by atoms with E-state index in [0.717, 1.165) is 5.56 Å². The molecule has 1 saturated heterocycles.